The van der Waals surface area contributed by atoms with Crippen LogP contribution in [0.15, 0.2) is 61.2 Å². The van der Waals surface area contributed by atoms with Gasteiger partial charge in [-0.3, -0.25) is 0 Å². The van der Waals surface area contributed by atoms with Gasteiger partial charge in [-0.2, -0.15) is 0 Å². The summed E-state index contributed by atoms with van der Waals surface area (Å²) in [7, 11) is 0. The number of ether oxygens (including phenoxy) is 1. The molecule has 0 radical (unpaired) electrons. The predicted octanol–water partition coefficient (Wildman–Crippen LogP) is 4.60. The van der Waals surface area contributed by atoms with Crippen LogP contribution < -0.4 is 4.74 Å². The quantitative estimate of drug-likeness (QED) is 0.466. The molecule has 2 aromatic rings. The molecule has 2 rings (SSSR count). The molecule has 3 heteroatoms. The molecule has 0 spiro atoms. The zero-order valence-corrected chi connectivity index (χ0v) is 11.5. The lowest BCUT2D eigenvalue weighted by molar-refractivity contribution is -0.128. The zero-order chi connectivity index (χ0) is 14.4. The third-order valence-electron chi connectivity index (χ3n) is 2.62. The molecule has 0 N–H and O–H groups in total. The Morgan fingerprint density at radius 2 is 1.60 bits per heavy atom. The molecule has 0 saturated carbocycles. The van der Waals surface area contributed by atoms with Crippen LogP contribution in [0.3, 0.4) is 0 Å². The number of halogens is 1. The van der Waals surface area contributed by atoms with E-state index in [1.807, 2.05) is 24.3 Å². The lowest BCUT2D eigenvalue weighted by atomic mass is 10.2. The fraction of sp³-hybridized carbons (Fsp3) is 0. The number of carbonyl (C=O) groups is 1. The molecule has 0 bridgehead atoms. The van der Waals surface area contributed by atoms with Gasteiger partial charge in [0.1, 0.15) is 5.75 Å². The number of rotatable bonds is 4. The van der Waals surface area contributed by atoms with Crippen molar-refractivity contribution in [1.82, 2.24) is 0 Å². The second-order valence-electron chi connectivity index (χ2n) is 4.08. The second kappa shape index (κ2) is 6.73. The standard InChI is InChI=1S/C17H13ClO2/c1-2-13-5-10-16(11-6-13)20-17(19)12-7-14-3-8-15(18)9-4-14/h2-12H,1H2/b12-7+. The van der Waals surface area contributed by atoms with E-state index in [0.717, 1.165) is 11.1 Å². The van der Waals surface area contributed by atoms with E-state index in [4.69, 9.17) is 16.3 Å². The fourth-order valence-corrected chi connectivity index (χ4v) is 1.69. The van der Waals surface area contributed by atoms with Crippen molar-refractivity contribution in [1.29, 1.82) is 0 Å². The fourth-order valence-electron chi connectivity index (χ4n) is 1.56. The van der Waals surface area contributed by atoms with Gasteiger partial charge in [0.25, 0.3) is 0 Å². The molecule has 2 aromatic carbocycles. The highest BCUT2D eigenvalue weighted by atomic mass is 35.5. The average molecular weight is 285 g/mol. The topological polar surface area (TPSA) is 26.3 Å². The van der Waals surface area contributed by atoms with Crippen molar-refractivity contribution >= 4 is 29.7 Å². The molecule has 0 aliphatic heterocycles. The number of benzene rings is 2. The molecule has 0 atom stereocenters. The number of hydrogen-bond donors (Lipinski definition) is 0. The molecule has 0 aliphatic rings. The van der Waals surface area contributed by atoms with Crippen LogP contribution in [0.25, 0.3) is 12.2 Å². The summed E-state index contributed by atoms with van der Waals surface area (Å²) in [6.45, 7) is 3.66. The highest BCUT2D eigenvalue weighted by Crippen LogP contribution is 2.14. The third kappa shape index (κ3) is 4.11. The maximum absolute atomic E-state index is 11.7. The van der Waals surface area contributed by atoms with Gasteiger partial charge in [-0.15, -0.1) is 0 Å². The van der Waals surface area contributed by atoms with Crippen LogP contribution >= 0.6 is 11.6 Å². The third-order valence-corrected chi connectivity index (χ3v) is 2.87. The molecule has 0 aliphatic carbocycles. The van der Waals surface area contributed by atoms with Gasteiger partial charge in [0.2, 0.25) is 0 Å². The maximum atomic E-state index is 11.7. The SMILES string of the molecule is C=Cc1ccc(OC(=O)/C=C/c2ccc(Cl)cc2)cc1. The summed E-state index contributed by atoms with van der Waals surface area (Å²) in [5.74, 6) is 0.0765. The van der Waals surface area contributed by atoms with Crippen LogP contribution in [0.4, 0.5) is 0 Å². The first kappa shape index (κ1) is 14.1. The van der Waals surface area contributed by atoms with Gasteiger partial charge in [0.15, 0.2) is 0 Å². The Bertz CT molecular complexity index is 625. The van der Waals surface area contributed by atoms with Crippen molar-refractivity contribution in [3.05, 3.63) is 77.3 Å². The Morgan fingerprint density at radius 1 is 1.00 bits per heavy atom. The molecule has 0 aromatic heterocycles. The predicted molar refractivity (Wildman–Crippen MR) is 82.7 cm³/mol. The minimum absolute atomic E-state index is 0.425. The van der Waals surface area contributed by atoms with Crippen molar-refractivity contribution in [2.24, 2.45) is 0 Å². The first-order valence-corrected chi connectivity index (χ1v) is 6.43. The summed E-state index contributed by atoms with van der Waals surface area (Å²) in [4.78, 5) is 11.7. The summed E-state index contributed by atoms with van der Waals surface area (Å²) in [6.07, 6.45) is 4.79. The van der Waals surface area contributed by atoms with Crippen LogP contribution in [0, 0.1) is 0 Å². The molecular formula is C17H13ClO2. The van der Waals surface area contributed by atoms with E-state index >= 15 is 0 Å². The Morgan fingerprint density at radius 3 is 2.20 bits per heavy atom. The van der Waals surface area contributed by atoms with Crippen LogP contribution in [0.5, 0.6) is 5.75 Å². The van der Waals surface area contributed by atoms with E-state index in [0.29, 0.717) is 10.8 Å². The largest absolute Gasteiger partial charge is 0.423 e. The first-order valence-electron chi connectivity index (χ1n) is 6.05. The van der Waals surface area contributed by atoms with Gasteiger partial charge in [0.05, 0.1) is 0 Å². The van der Waals surface area contributed by atoms with Crippen molar-refractivity contribution in [3.8, 4) is 5.75 Å². The summed E-state index contributed by atoms with van der Waals surface area (Å²) in [6, 6.07) is 14.3. The van der Waals surface area contributed by atoms with E-state index in [1.54, 1.807) is 36.4 Å². The van der Waals surface area contributed by atoms with Crippen molar-refractivity contribution in [2.75, 3.05) is 0 Å². The molecule has 0 amide bonds. The van der Waals surface area contributed by atoms with Crippen molar-refractivity contribution < 1.29 is 9.53 Å². The Labute approximate surface area is 123 Å². The van der Waals surface area contributed by atoms with E-state index in [9.17, 15) is 4.79 Å². The molecule has 0 fully saturated rings. The Balaban J connectivity index is 1.97. The molecular weight excluding hydrogens is 272 g/mol. The van der Waals surface area contributed by atoms with Crippen LogP contribution in [-0.4, -0.2) is 5.97 Å². The molecule has 2 nitrogen and oxygen atoms in total. The molecule has 20 heavy (non-hydrogen) atoms. The van der Waals surface area contributed by atoms with Gasteiger partial charge in [-0.1, -0.05) is 48.5 Å². The highest BCUT2D eigenvalue weighted by Gasteiger charge is 2.00. The van der Waals surface area contributed by atoms with Crippen LogP contribution in [0.2, 0.25) is 5.02 Å². The molecule has 0 unspecified atom stereocenters. The second-order valence-corrected chi connectivity index (χ2v) is 4.52. The van der Waals surface area contributed by atoms with Gasteiger partial charge < -0.3 is 4.74 Å². The minimum atomic E-state index is -0.425. The van der Waals surface area contributed by atoms with Gasteiger partial charge in [-0.25, -0.2) is 4.79 Å². The number of hydrogen-bond acceptors (Lipinski definition) is 2. The Kier molecular flexibility index (Phi) is 4.75. The Hall–Kier alpha value is -2.32. The van der Waals surface area contributed by atoms with E-state index < -0.39 is 5.97 Å². The number of carbonyl (C=O) groups excluding carboxylic acids is 1. The van der Waals surface area contributed by atoms with E-state index in [-0.39, 0.29) is 0 Å². The summed E-state index contributed by atoms with van der Waals surface area (Å²) >= 11 is 5.78. The summed E-state index contributed by atoms with van der Waals surface area (Å²) < 4.78 is 5.17. The smallest absolute Gasteiger partial charge is 0.336 e. The summed E-state index contributed by atoms with van der Waals surface area (Å²) in [5.41, 5.74) is 1.86. The van der Waals surface area contributed by atoms with Gasteiger partial charge in [-0.05, 0) is 41.5 Å². The van der Waals surface area contributed by atoms with Crippen LogP contribution in [0.1, 0.15) is 11.1 Å². The van der Waals surface area contributed by atoms with Gasteiger partial charge >= 0.3 is 5.97 Å². The number of esters is 1. The first-order chi connectivity index (χ1) is 9.67. The monoisotopic (exact) mass is 284 g/mol. The molecule has 0 heterocycles. The highest BCUT2D eigenvalue weighted by molar-refractivity contribution is 6.30. The zero-order valence-electron chi connectivity index (χ0n) is 10.8. The lowest BCUT2D eigenvalue weighted by Gasteiger charge is -2.01. The van der Waals surface area contributed by atoms with E-state index in [2.05, 4.69) is 6.58 Å². The summed E-state index contributed by atoms with van der Waals surface area (Å²) in [5, 5.41) is 0.659. The minimum Gasteiger partial charge on any atom is -0.423 e. The normalized spacial score (nSPS) is 10.4. The van der Waals surface area contributed by atoms with Gasteiger partial charge in [0, 0.05) is 11.1 Å². The maximum Gasteiger partial charge on any atom is 0.336 e. The van der Waals surface area contributed by atoms with Crippen molar-refractivity contribution in [3.63, 3.8) is 0 Å². The molecule has 0 saturated heterocycles. The van der Waals surface area contributed by atoms with Crippen molar-refractivity contribution in [2.45, 2.75) is 0 Å². The average Bonchev–Trinajstić information content (AvgIpc) is 2.47. The van der Waals surface area contributed by atoms with Crippen LogP contribution in [-0.2, 0) is 4.79 Å². The molecule has 100 valence electrons. The van der Waals surface area contributed by atoms with E-state index in [1.165, 1.54) is 6.08 Å². The lowest BCUT2D eigenvalue weighted by Crippen LogP contribution is -2.03.